The van der Waals surface area contributed by atoms with Crippen LogP contribution in [0.3, 0.4) is 0 Å². The molecular formula is C16H24N2O2S. The van der Waals surface area contributed by atoms with Crippen LogP contribution in [-0.2, 0) is 16.0 Å². The van der Waals surface area contributed by atoms with Crippen molar-refractivity contribution < 1.29 is 9.53 Å². The summed E-state index contributed by atoms with van der Waals surface area (Å²) < 4.78 is 5.91. The molecule has 3 rings (SSSR count). The summed E-state index contributed by atoms with van der Waals surface area (Å²) >= 11 is 1.70. The van der Waals surface area contributed by atoms with Crippen LogP contribution in [0.5, 0.6) is 0 Å². The van der Waals surface area contributed by atoms with E-state index in [9.17, 15) is 4.79 Å². The van der Waals surface area contributed by atoms with Crippen molar-refractivity contribution in [2.45, 2.75) is 38.3 Å². The van der Waals surface area contributed by atoms with Gasteiger partial charge >= 0.3 is 0 Å². The average Bonchev–Trinajstić information content (AvgIpc) is 3.04. The van der Waals surface area contributed by atoms with Gasteiger partial charge in [0.05, 0.1) is 18.8 Å². The molecule has 2 saturated heterocycles. The fraction of sp³-hybridized carbons (Fsp3) is 0.688. The van der Waals surface area contributed by atoms with E-state index in [2.05, 4.69) is 33.6 Å². The Morgan fingerprint density at radius 3 is 3.14 bits per heavy atom. The number of amides is 1. The van der Waals surface area contributed by atoms with E-state index in [0.717, 1.165) is 39.0 Å². The van der Waals surface area contributed by atoms with Crippen LogP contribution in [0.1, 0.15) is 25.3 Å². The Balaban J connectivity index is 1.57. The van der Waals surface area contributed by atoms with Crippen LogP contribution < -0.4 is 0 Å². The summed E-state index contributed by atoms with van der Waals surface area (Å²) in [5.74, 6) is 0.296. The topological polar surface area (TPSA) is 32.8 Å². The van der Waals surface area contributed by atoms with Crippen molar-refractivity contribution in [1.29, 1.82) is 0 Å². The molecular weight excluding hydrogens is 284 g/mol. The van der Waals surface area contributed by atoms with E-state index in [1.165, 1.54) is 5.56 Å². The van der Waals surface area contributed by atoms with Crippen molar-refractivity contribution in [2.24, 2.45) is 0 Å². The second-order valence-corrected chi connectivity index (χ2v) is 6.66. The number of nitrogens with zero attached hydrogens (tertiary/aromatic N) is 2. The van der Waals surface area contributed by atoms with E-state index in [-0.39, 0.29) is 12.1 Å². The van der Waals surface area contributed by atoms with E-state index in [0.29, 0.717) is 18.9 Å². The molecule has 116 valence electrons. The molecule has 4 nitrogen and oxygen atoms in total. The predicted octanol–water partition coefficient (Wildman–Crippen LogP) is 2.00. The number of aryl methyl sites for hydroxylation is 1. The third-order valence-electron chi connectivity index (χ3n) is 4.65. The second kappa shape index (κ2) is 6.90. The Morgan fingerprint density at radius 2 is 2.38 bits per heavy atom. The molecule has 5 heteroatoms. The smallest absolute Gasteiger partial charge is 0.223 e. The maximum atomic E-state index is 12.6. The molecule has 0 aliphatic carbocycles. The number of likely N-dealkylation sites (tertiary alicyclic amines) is 1. The summed E-state index contributed by atoms with van der Waals surface area (Å²) in [7, 11) is 0. The van der Waals surface area contributed by atoms with Gasteiger partial charge in [-0.05, 0) is 41.8 Å². The third-order valence-corrected chi connectivity index (χ3v) is 5.38. The summed E-state index contributed by atoms with van der Waals surface area (Å²) in [6, 6.07) is 2.40. The molecule has 0 saturated carbocycles. The van der Waals surface area contributed by atoms with Crippen LogP contribution in [-0.4, -0.2) is 60.6 Å². The van der Waals surface area contributed by atoms with Gasteiger partial charge in [-0.2, -0.15) is 11.3 Å². The van der Waals surface area contributed by atoms with E-state index < -0.39 is 0 Å². The Morgan fingerprint density at radius 1 is 1.48 bits per heavy atom. The summed E-state index contributed by atoms with van der Waals surface area (Å²) in [6.45, 7) is 6.75. The highest BCUT2D eigenvalue weighted by molar-refractivity contribution is 7.07. The highest BCUT2D eigenvalue weighted by Gasteiger charge is 2.38. The van der Waals surface area contributed by atoms with Crippen molar-refractivity contribution in [1.82, 2.24) is 9.80 Å². The number of piperidine rings is 1. The molecule has 3 heterocycles. The summed E-state index contributed by atoms with van der Waals surface area (Å²) in [6.07, 6.45) is 2.73. The molecule has 0 aromatic carbocycles. The van der Waals surface area contributed by atoms with E-state index in [1.807, 2.05) is 0 Å². The third kappa shape index (κ3) is 3.47. The van der Waals surface area contributed by atoms with Crippen molar-refractivity contribution >= 4 is 17.2 Å². The van der Waals surface area contributed by atoms with Crippen molar-refractivity contribution in [3.8, 4) is 0 Å². The Labute approximate surface area is 130 Å². The minimum atomic E-state index is 0.206. The van der Waals surface area contributed by atoms with E-state index >= 15 is 0 Å². The molecule has 2 aliphatic heterocycles. The second-order valence-electron chi connectivity index (χ2n) is 5.88. The molecule has 0 spiro atoms. The molecule has 0 N–H and O–H groups in total. The number of ether oxygens (including phenoxy) is 1. The summed E-state index contributed by atoms with van der Waals surface area (Å²) in [5, 5.41) is 4.21. The average molecular weight is 308 g/mol. The van der Waals surface area contributed by atoms with Gasteiger partial charge in [0.15, 0.2) is 0 Å². The van der Waals surface area contributed by atoms with Gasteiger partial charge in [0.1, 0.15) is 0 Å². The minimum Gasteiger partial charge on any atom is -0.373 e. The zero-order valence-corrected chi connectivity index (χ0v) is 13.5. The van der Waals surface area contributed by atoms with Crippen LogP contribution in [0.4, 0.5) is 0 Å². The Kier molecular flexibility index (Phi) is 4.93. The number of fused-ring (bicyclic) bond motifs is 1. The normalized spacial score (nSPS) is 26.6. The number of carbonyl (C=O) groups is 1. The number of likely N-dealkylation sites (N-methyl/N-ethyl adjacent to an activating group) is 1. The SMILES string of the molecule is CCN1CC[C@@H]2[C@@H](C1)OCCN2C(=O)CCc1ccsc1. The van der Waals surface area contributed by atoms with Gasteiger partial charge in [-0.3, -0.25) is 4.79 Å². The molecule has 2 fully saturated rings. The summed E-state index contributed by atoms with van der Waals surface area (Å²) in [4.78, 5) is 17.1. The first-order valence-electron chi connectivity index (χ1n) is 7.92. The molecule has 21 heavy (non-hydrogen) atoms. The van der Waals surface area contributed by atoms with Crippen molar-refractivity contribution in [2.75, 3.05) is 32.8 Å². The molecule has 1 amide bonds. The first-order valence-corrected chi connectivity index (χ1v) is 8.86. The first-order chi connectivity index (χ1) is 10.3. The van der Waals surface area contributed by atoms with Gasteiger partial charge in [0, 0.05) is 26.1 Å². The number of carbonyl (C=O) groups excluding carboxylic acids is 1. The molecule has 1 aromatic heterocycles. The quantitative estimate of drug-likeness (QED) is 0.853. The molecule has 0 unspecified atom stereocenters. The monoisotopic (exact) mass is 308 g/mol. The van der Waals surface area contributed by atoms with Crippen LogP contribution in [0.25, 0.3) is 0 Å². The minimum absolute atomic E-state index is 0.206. The zero-order chi connectivity index (χ0) is 14.7. The standard InChI is InChI=1S/C16H24N2O2S/c1-2-17-7-5-14-15(11-17)20-9-8-18(14)16(19)4-3-13-6-10-21-12-13/h6,10,12,14-15H,2-5,7-9,11H2,1H3/t14-,15-/m1/s1. The van der Waals surface area contributed by atoms with Crippen LogP contribution in [0.2, 0.25) is 0 Å². The van der Waals surface area contributed by atoms with Gasteiger partial charge in [0.2, 0.25) is 5.91 Å². The maximum absolute atomic E-state index is 12.6. The van der Waals surface area contributed by atoms with E-state index in [1.54, 1.807) is 11.3 Å². The maximum Gasteiger partial charge on any atom is 0.223 e. The molecule has 0 bridgehead atoms. The number of thiophene rings is 1. The lowest BCUT2D eigenvalue weighted by Crippen LogP contribution is -2.60. The lowest BCUT2D eigenvalue weighted by atomic mass is 9.97. The Bertz CT molecular complexity index is 463. The van der Waals surface area contributed by atoms with Crippen LogP contribution >= 0.6 is 11.3 Å². The fourth-order valence-corrected chi connectivity index (χ4v) is 4.09. The lowest BCUT2D eigenvalue weighted by molar-refractivity contribution is -0.152. The van der Waals surface area contributed by atoms with Gasteiger partial charge < -0.3 is 14.5 Å². The first kappa shape index (κ1) is 15.0. The largest absolute Gasteiger partial charge is 0.373 e. The van der Waals surface area contributed by atoms with E-state index in [4.69, 9.17) is 4.74 Å². The zero-order valence-electron chi connectivity index (χ0n) is 12.7. The number of rotatable bonds is 4. The lowest BCUT2D eigenvalue weighted by Gasteiger charge is -2.46. The molecule has 1 aromatic rings. The number of morpholine rings is 1. The van der Waals surface area contributed by atoms with Gasteiger partial charge in [-0.25, -0.2) is 0 Å². The molecule has 0 radical (unpaired) electrons. The molecule has 2 aliphatic rings. The summed E-state index contributed by atoms with van der Waals surface area (Å²) in [5.41, 5.74) is 1.28. The van der Waals surface area contributed by atoms with Gasteiger partial charge in [0.25, 0.3) is 0 Å². The van der Waals surface area contributed by atoms with Crippen molar-refractivity contribution in [3.05, 3.63) is 22.4 Å². The highest BCUT2D eigenvalue weighted by Crippen LogP contribution is 2.24. The van der Waals surface area contributed by atoms with Crippen molar-refractivity contribution in [3.63, 3.8) is 0 Å². The molecule has 2 atom stereocenters. The predicted molar refractivity (Wildman–Crippen MR) is 84.6 cm³/mol. The highest BCUT2D eigenvalue weighted by atomic mass is 32.1. The Hall–Kier alpha value is -0.910. The number of hydrogen-bond acceptors (Lipinski definition) is 4. The fourth-order valence-electron chi connectivity index (χ4n) is 3.38. The van der Waals surface area contributed by atoms with Gasteiger partial charge in [-0.1, -0.05) is 6.92 Å². The van der Waals surface area contributed by atoms with Gasteiger partial charge in [-0.15, -0.1) is 0 Å². The van der Waals surface area contributed by atoms with Crippen LogP contribution in [0.15, 0.2) is 16.8 Å². The number of hydrogen-bond donors (Lipinski definition) is 0. The van der Waals surface area contributed by atoms with Crippen LogP contribution in [0, 0.1) is 0 Å².